The van der Waals surface area contributed by atoms with Crippen molar-refractivity contribution in [3.63, 3.8) is 0 Å². The Labute approximate surface area is 107 Å². The van der Waals surface area contributed by atoms with E-state index in [1.807, 2.05) is 12.1 Å². The number of rotatable bonds is 5. The molecule has 2 atom stereocenters. The molecule has 1 aliphatic heterocycles. The van der Waals surface area contributed by atoms with Crippen molar-refractivity contribution in [2.45, 2.75) is 44.8 Å². The molecule has 2 heterocycles. The summed E-state index contributed by atoms with van der Waals surface area (Å²) < 4.78 is 0. The van der Waals surface area contributed by atoms with E-state index < -0.39 is 0 Å². The van der Waals surface area contributed by atoms with Crippen molar-refractivity contribution in [2.75, 3.05) is 0 Å². The summed E-state index contributed by atoms with van der Waals surface area (Å²) in [5.74, 6) is 0.0463. The lowest BCUT2D eigenvalue weighted by molar-refractivity contribution is -0.123. The molecule has 2 unspecified atom stereocenters. The highest BCUT2D eigenvalue weighted by Crippen LogP contribution is 2.10. The molecular weight excluding hydrogens is 228 g/mol. The molecular formula is C13H20N4O. The summed E-state index contributed by atoms with van der Waals surface area (Å²) in [7, 11) is 0. The third kappa shape index (κ3) is 3.51. The summed E-state index contributed by atoms with van der Waals surface area (Å²) in [6.07, 6.45) is 6.57. The number of hydrogen-bond acceptors (Lipinski definition) is 4. The maximum absolute atomic E-state index is 11.9. The van der Waals surface area contributed by atoms with E-state index >= 15 is 0 Å². The molecule has 3 N–H and O–H groups in total. The van der Waals surface area contributed by atoms with Gasteiger partial charge in [-0.1, -0.05) is 19.4 Å². The van der Waals surface area contributed by atoms with Gasteiger partial charge in [0.15, 0.2) is 0 Å². The SMILES string of the molecule is CCCC1CC(C(=O)NCc2cccnc2)NN1. The maximum atomic E-state index is 11.9. The predicted molar refractivity (Wildman–Crippen MR) is 69.5 cm³/mol. The fourth-order valence-electron chi connectivity index (χ4n) is 2.15. The first-order valence-electron chi connectivity index (χ1n) is 6.47. The Kier molecular flexibility index (Phi) is 4.66. The summed E-state index contributed by atoms with van der Waals surface area (Å²) >= 11 is 0. The third-order valence-corrected chi connectivity index (χ3v) is 3.13. The van der Waals surface area contributed by atoms with Gasteiger partial charge in [-0.3, -0.25) is 15.2 Å². The first kappa shape index (κ1) is 13.0. The largest absolute Gasteiger partial charge is 0.351 e. The Balaban J connectivity index is 1.76. The van der Waals surface area contributed by atoms with Gasteiger partial charge >= 0.3 is 0 Å². The van der Waals surface area contributed by atoms with E-state index in [2.05, 4.69) is 28.1 Å². The number of amides is 1. The zero-order valence-corrected chi connectivity index (χ0v) is 10.6. The van der Waals surface area contributed by atoms with Gasteiger partial charge in [0.2, 0.25) is 5.91 Å². The minimum absolute atomic E-state index is 0.0463. The van der Waals surface area contributed by atoms with Gasteiger partial charge in [0.25, 0.3) is 0 Å². The van der Waals surface area contributed by atoms with Gasteiger partial charge < -0.3 is 5.32 Å². The predicted octanol–water partition coefficient (Wildman–Crippen LogP) is 0.733. The van der Waals surface area contributed by atoms with Crippen LogP contribution in [-0.2, 0) is 11.3 Å². The van der Waals surface area contributed by atoms with Crippen LogP contribution in [-0.4, -0.2) is 23.0 Å². The first-order chi connectivity index (χ1) is 8.79. The van der Waals surface area contributed by atoms with Crippen molar-refractivity contribution in [1.29, 1.82) is 0 Å². The quantitative estimate of drug-likeness (QED) is 0.719. The molecule has 1 saturated heterocycles. The Morgan fingerprint density at radius 2 is 2.44 bits per heavy atom. The fourth-order valence-corrected chi connectivity index (χ4v) is 2.15. The number of carbonyl (C=O) groups is 1. The monoisotopic (exact) mass is 248 g/mol. The van der Waals surface area contributed by atoms with Crippen LogP contribution in [0.3, 0.4) is 0 Å². The molecule has 1 aromatic rings. The second-order valence-corrected chi connectivity index (χ2v) is 4.64. The van der Waals surface area contributed by atoms with Gasteiger partial charge in [-0.05, 0) is 24.5 Å². The lowest BCUT2D eigenvalue weighted by Gasteiger charge is -2.10. The zero-order valence-electron chi connectivity index (χ0n) is 10.6. The number of hydrazine groups is 1. The average Bonchev–Trinajstić information content (AvgIpc) is 2.86. The molecule has 1 amide bonds. The van der Waals surface area contributed by atoms with Crippen LogP contribution in [0.4, 0.5) is 0 Å². The Bertz CT molecular complexity index is 382. The molecule has 0 radical (unpaired) electrons. The van der Waals surface area contributed by atoms with Crippen LogP contribution in [0.5, 0.6) is 0 Å². The fraction of sp³-hybridized carbons (Fsp3) is 0.538. The topological polar surface area (TPSA) is 66.0 Å². The Hall–Kier alpha value is -1.46. The van der Waals surface area contributed by atoms with E-state index in [0.29, 0.717) is 12.6 Å². The third-order valence-electron chi connectivity index (χ3n) is 3.13. The van der Waals surface area contributed by atoms with Gasteiger partial charge in [0.1, 0.15) is 6.04 Å². The molecule has 1 aliphatic rings. The minimum atomic E-state index is -0.127. The van der Waals surface area contributed by atoms with Crippen molar-refractivity contribution in [3.05, 3.63) is 30.1 Å². The smallest absolute Gasteiger partial charge is 0.238 e. The molecule has 98 valence electrons. The number of carbonyl (C=O) groups excluding carboxylic acids is 1. The molecule has 0 saturated carbocycles. The molecule has 0 aromatic carbocycles. The number of nitrogens with zero attached hydrogens (tertiary/aromatic N) is 1. The first-order valence-corrected chi connectivity index (χ1v) is 6.47. The van der Waals surface area contributed by atoms with E-state index in [1.54, 1.807) is 12.4 Å². The highest BCUT2D eigenvalue weighted by molar-refractivity contribution is 5.82. The molecule has 0 spiro atoms. The molecule has 18 heavy (non-hydrogen) atoms. The summed E-state index contributed by atoms with van der Waals surface area (Å²) in [4.78, 5) is 16.0. The molecule has 1 fully saturated rings. The lowest BCUT2D eigenvalue weighted by atomic mass is 10.1. The van der Waals surface area contributed by atoms with E-state index in [1.165, 1.54) is 0 Å². The van der Waals surface area contributed by atoms with Gasteiger partial charge in [-0.2, -0.15) is 0 Å². The number of nitrogens with one attached hydrogen (secondary N) is 3. The minimum Gasteiger partial charge on any atom is -0.351 e. The summed E-state index contributed by atoms with van der Waals surface area (Å²) in [5, 5.41) is 2.92. The molecule has 0 bridgehead atoms. The van der Waals surface area contributed by atoms with Crippen molar-refractivity contribution in [2.24, 2.45) is 0 Å². The van der Waals surface area contributed by atoms with Crippen LogP contribution in [0.15, 0.2) is 24.5 Å². The Morgan fingerprint density at radius 1 is 1.56 bits per heavy atom. The maximum Gasteiger partial charge on any atom is 0.238 e. The molecule has 5 heteroatoms. The summed E-state index contributed by atoms with van der Waals surface area (Å²) in [6.45, 7) is 2.68. The van der Waals surface area contributed by atoms with Crippen LogP contribution in [0.2, 0.25) is 0 Å². The zero-order chi connectivity index (χ0) is 12.8. The molecule has 1 aromatic heterocycles. The number of aromatic nitrogens is 1. The van der Waals surface area contributed by atoms with Crippen molar-refractivity contribution >= 4 is 5.91 Å². The lowest BCUT2D eigenvalue weighted by Crippen LogP contribution is -2.43. The number of pyridine rings is 1. The van der Waals surface area contributed by atoms with E-state index in [-0.39, 0.29) is 11.9 Å². The number of hydrogen-bond donors (Lipinski definition) is 3. The van der Waals surface area contributed by atoms with Crippen LogP contribution in [0.25, 0.3) is 0 Å². The molecule has 2 rings (SSSR count). The summed E-state index contributed by atoms with van der Waals surface area (Å²) in [6, 6.07) is 4.10. The standard InChI is InChI=1S/C13H20N4O/c1-2-4-11-7-12(17-16-11)13(18)15-9-10-5-3-6-14-8-10/h3,5-6,8,11-12,16-17H,2,4,7,9H2,1H3,(H,15,18). The van der Waals surface area contributed by atoms with E-state index in [9.17, 15) is 4.79 Å². The van der Waals surface area contributed by atoms with Crippen LogP contribution in [0, 0.1) is 0 Å². The second kappa shape index (κ2) is 6.47. The van der Waals surface area contributed by atoms with Crippen LogP contribution < -0.4 is 16.2 Å². The van der Waals surface area contributed by atoms with E-state index in [0.717, 1.165) is 24.8 Å². The van der Waals surface area contributed by atoms with Gasteiger partial charge in [-0.25, -0.2) is 5.43 Å². The highest BCUT2D eigenvalue weighted by Gasteiger charge is 2.28. The van der Waals surface area contributed by atoms with E-state index in [4.69, 9.17) is 0 Å². The summed E-state index contributed by atoms with van der Waals surface area (Å²) in [5.41, 5.74) is 7.23. The van der Waals surface area contributed by atoms with Crippen molar-refractivity contribution in [3.8, 4) is 0 Å². The van der Waals surface area contributed by atoms with Crippen LogP contribution >= 0.6 is 0 Å². The normalized spacial score (nSPS) is 22.9. The van der Waals surface area contributed by atoms with Crippen molar-refractivity contribution in [1.82, 2.24) is 21.2 Å². The van der Waals surface area contributed by atoms with Gasteiger partial charge in [0, 0.05) is 25.0 Å². The highest BCUT2D eigenvalue weighted by atomic mass is 16.2. The second-order valence-electron chi connectivity index (χ2n) is 4.64. The molecule has 0 aliphatic carbocycles. The van der Waals surface area contributed by atoms with Gasteiger partial charge in [-0.15, -0.1) is 0 Å². The van der Waals surface area contributed by atoms with Crippen LogP contribution in [0.1, 0.15) is 31.7 Å². The Morgan fingerprint density at radius 3 is 3.17 bits per heavy atom. The van der Waals surface area contributed by atoms with Gasteiger partial charge in [0.05, 0.1) is 0 Å². The van der Waals surface area contributed by atoms with Crippen molar-refractivity contribution < 1.29 is 4.79 Å². The average molecular weight is 248 g/mol. The molecule has 5 nitrogen and oxygen atoms in total.